The van der Waals surface area contributed by atoms with E-state index in [0.29, 0.717) is 5.71 Å². The second kappa shape index (κ2) is 19.9. The Bertz CT molecular complexity index is 3440. The molecule has 8 heteroatoms. The molecule has 0 unspecified atom stereocenters. The zero-order valence-electron chi connectivity index (χ0n) is 41.4. The quantitative estimate of drug-likeness (QED) is 0.112. The zero-order valence-corrected chi connectivity index (χ0v) is 45.9. The number of aromatic nitrogens is 5. The Morgan fingerprint density at radius 2 is 1.43 bits per heavy atom. The molecule has 1 aliphatic carbocycles. The Labute approximate surface area is 423 Å². The predicted octanol–water partition coefficient (Wildman–Crippen LogP) is 16.0. The van der Waals surface area contributed by atoms with Gasteiger partial charge in [-0.05, 0) is 95.1 Å². The fraction of sp³-hybridized carbons (Fsp3) is 0.279. The van der Waals surface area contributed by atoms with Gasteiger partial charge in [0.25, 0.3) is 0 Å². The summed E-state index contributed by atoms with van der Waals surface area (Å²) in [5.74, 6) is 9.47. The van der Waals surface area contributed by atoms with Gasteiger partial charge in [-0.1, -0.05) is 75.0 Å². The van der Waals surface area contributed by atoms with Gasteiger partial charge in [-0.3, -0.25) is 9.97 Å². The maximum atomic E-state index is 6.49. The van der Waals surface area contributed by atoms with Crippen molar-refractivity contribution in [1.82, 2.24) is 24.5 Å². The van der Waals surface area contributed by atoms with Crippen LogP contribution in [0.15, 0.2) is 132 Å². The third kappa shape index (κ3) is 9.51. The monoisotopic (exact) mass is 1150 g/mol. The van der Waals surface area contributed by atoms with Crippen molar-refractivity contribution in [3.05, 3.63) is 168 Å². The van der Waals surface area contributed by atoms with E-state index in [1.807, 2.05) is 43.5 Å². The molecule has 1 fully saturated rings. The number of benzene rings is 5. The fourth-order valence-electron chi connectivity index (χ4n) is 10.4. The maximum absolute atomic E-state index is 6.49. The SMILES string of the molecule is Cc1ccc2c(n1)oc1c(-c3nc4ccnc(C)c4n3-c3c(C(C)C)cc(-c4ccc5ccccc5c4)cc3C(C)C)[c-]ccc12.[CH3][Ge]([CH3])([CH3])[c]1cnc(-c2[c-]cccc2)cc1C1CCCCC1.[Ir]. The summed E-state index contributed by atoms with van der Waals surface area (Å²) in [6.45, 7) is 13.1. The van der Waals surface area contributed by atoms with Gasteiger partial charge in [0.05, 0.1) is 28.1 Å². The Morgan fingerprint density at radius 3 is 2.14 bits per heavy atom. The first-order chi connectivity index (χ1) is 32.8. The second-order valence-corrected chi connectivity index (χ2v) is 31.0. The number of rotatable bonds is 8. The van der Waals surface area contributed by atoms with Gasteiger partial charge in [0.15, 0.2) is 0 Å². The first kappa shape index (κ1) is 48.3. The fourth-order valence-corrected chi connectivity index (χ4v) is 13.7. The van der Waals surface area contributed by atoms with Crippen molar-refractivity contribution in [1.29, 1.82) is 0 Å². The minimum Gasteiger partial charge on any atom is 0 e. The topological polar surface area (TPSA) is 69.6 Å². The standard InChI is InChI=1S/C41H35N4O.C20H26GeN.Ir/c1-23(2)34-21-30(29-16-15-27-10-7-8-11-28(27)20-29)22-35(24(3)4)38(34)45-37-26(6)42-19-18-36(37)44-40(45)33-13-9-12-31-32-17-14-25(5)43-41(32)46-39(31)33;1-21(2,3)19-15-22-20(17-12-8-5-9-13-17)14-18(19)16-10-6-4-7-11-16;/h7-12,14-24H,1-6H3;5,8-9,12,14-16H,4,6-7,10-11H2,1-3H3;/q2*-1;. The van der Waals surface area contributed by atoms with Gasteiger partial charge in [0, 0.05) is 43.1 Å². The molecule has 351 valence electrons. The van der Waals surface area contributed by atoms with Gasteiger partial charge in [0.2, 0.25) is 5.71 Å². The van der Waals surface area contributed by atoms with Crippen molar-refractivity contribution in [2.45, 2.75) is 109 Å². The molecular formula is C61H61GeIrN5O-2. The summed E-state index contributed by atoms with van der Waals surface area (Å²) in [6.07, 6.45) is 10.9. The van der Waals surface area contributed by atoms with Crippen molar-refractivity contribution in [3.63, 3.8) is 0 Å². The molecule has 1 aliphatic rings. The average Bonchev–Trinajstić information content (AvgIpc) is 3.92. The Balaban J connectivity index is 0.000000217. The van der Waals surface area contributed by atoms with Crippen molar-refractivity contribution in [2.75, 3.05) is 0 Å². The van der Waals surface area contributed by atoms with E-state index < -0.39 is 13.3 Å². The number of fused-ring (bicyclic) bond motifs is 5. The van der Waals surface area contributed by atoms with Crippen LogP contribution in [0.4, 0.5) is 0 Å². The molecule has 10 aromatic rings. The van der Waals surface area contributed by atoms with Crippen LogP contribution in [-0.4, -0.2) is 37.8 Å². The van der Waals surface area contributed by atoms with Crippen molar-refractivity contribution >= 4 is 61.5 Å². The van der Waals surface area contributed by atoms with Crippen LogP contribution in [0.25, 0.3) is 83.3 Å². The number of hydrogen-bond donors (Lipinski definition) is 0. The summed E-state index contributed by atoms with van der Waals surface area (Å²) >= 11 is -1.89. The van der Waals surface area contributed by atoms with E-state index in [-0.39, 0.29) is 31.9 Å². The summed E-state index contributed by atoms with van der Waals surface area (Å²) in [6, 6.07) is 47.6. The van der Waals surface area contributed by atoms with Crippen molar-refractivity contribution in [2.24, 2.45) is 0 Å². The van der Waals surface area contributed by atoms with Gasteiger partial charge in [-0.25, -0.2) is 4.98 Å². The largest absolute Gasteiger partial charge is 0 e. The van der Waals surface area contributed by atoms with Crippen LogP contribution in [-0.2, 0) is 20.1 Å². The normalized spacial score (nSPS) is 13.4. The van der Waals surface area contributed by atoms with Gasteiger partial charge < -0.3 is 8.98 Å². The molecule has 0 aliphatic heterocycles. The maximum Gasteiger partial charge on any atom is 0 e. The molecule has 1 radical (unpaired) electrons. The van der Waals surface area contributed by atoms with Gasteiger partial charge in [-0.2, -0.15) is 0 Å². The van der Waals surface area contributed by atoms with Gasteiger partial charge in [-0.15, -0.1) is 18.2 Å². The van der Waals surface area contributed by atoms with Crippen molar-refractivity contribution < 1.29 is 24.5 Å². The smallest absolute Gasteiger partial charge is 0 e. The molecule has 1 saturated carbocycles. The van der Waals surface area contributed by atoms with Crippen LogP contribution in [0.3, 0.4) is 0 Å². The number of hydrogen-bond acceptors (Lipinski definition) is 5. The first-order valence-electron chi connectivity index (χ1n) is 24.5. The van der Waals surface area contributed by atoms with Gasteiger partial charge >= 0.3 is 137 Å². The molecule has 0 amide bonds. The zero-order chi connectivity index (χ0) is 47.3. The molecular weight excluding hydrogens is 1080 g/mol. The Hall–Kier alpha value is -5.73. The average molecular weight is 1150 g/mol. The van der Waals surface area contributed by atoms with E-state index in [1.165, 1.54) is 65.1 Å². The summed E-state index contributed by atoms with van der Waals surface area (Å²) in [4.78, 5) is 19.5. The van der Waals surface area contributed by atoms with E-state index in [0.717, 1.165) is 73.0 Å². The summed E-state index contributed by atoms with van der Waals surface area (Å²) in [5, 5.41) is 4.48. The van der Waals surface area contributed by atoms with E-state index in [1.54, 1.807) is 9.96 Å². The third-order valence-corrected chi connectivity index (χ3v) is 18.2. The molecule has 5 heterocycles. The van der Waals surface area contributed by atoms with Crippen LogP contribution < -0.4 is 4.40 Å². The third-order valence-electron chi connectivity index (χ3n) is 13.9. The minimum absolute atomic E-state index is 0. The molecule has 11 rings (SSSR count). The molecule has 0 atom stereocenters. The molecule has 5 aromatic heterocycles. The molecule has 0 spiro atoms. The minimum atomic E-state index is -1.89. The predicted molar refractivity (Wildman–Crippen MR) is 286 cm³/mol. The van der Waals surface area contributed by atoms with E-state index in [9.17, 15) is 0 Å². The Kier molecular flexibility index (Phi) is 14.0. The Morgan fingerprint density at radius 1 is 0.696 bits per heavy atom. The van der Waals surface area contributed by atoms with E-state index >= 15 is 0 Å². The number of imidazole rings is 1. The number of aryl methyl sites for hydroxylation is 2. The van der Waals surface area contributed by atoms with E-state index in [2.05, 4.69) is 160 Å². The van der Waals surface area contributed by atoms with Crippen molar-refractivity contribution in [3.8, 4) is 39.5 Å². The van der Waals surface area contributed by atoms with E-state index in [4.69, 9.17) is 24.4 Å². The first-order valence-corrected chi connectivity index (χ1v) is 31.9. The molecule has 0 N–H and O–H groups in total. The number of nitrogens with zero attached hydrogens (tertiary/aromatic N) is 5. The summed E-state index contributed by atoms with van der Waals surface area (Å²) in [7, 11) is 0. The number of pyridine rings is 3. The van der Waals surface area contributed by atoms with Crippen LogP contribution in [0.1, 0.15) is 106 Å². The molecule has 5 aromatic carbocycles. The number of furan rings is 1. The second-order valence-electron chi connectivity index (χ2n) is 20.4. The van der Waals surface area contributed by atoms with Gasteiger partial charge in [0.1, 0.15) is 0 Å². The molecule has 0 bridgehead atoms. The van der Waals surface area contributed by atoms with Crippen LogP contribution >= 0.6 is 0 Å². The molecule has 69 heavy (non-hydrogen) atoms. The molecule has 0 saturated heterocycles. The van der Waals surface area contributed by atoms with Crippen LogP contribution in [0, 0.1) is 26.0 Å². The summed E-state index contributed by atoms with van der Waals surface area (Å²) in [5.41, 5.74) is 15.8. The van der Waals surface area contributed by atoms with Crippen LogP contribution in [0.5, 0.6) is 0 Å². The van der Waals surface area contributed by atoms with Crippen LogP contribution in [0.2, 0.25) is 17.3 Å². The summed E-state index contributed by atoms with van der Waals surface area (Å²) < 4.78 is 10.4. The molecule has 6 nitrogen and oxygen atoms in total.